The van der Waals surface area contributed by atoms with Gasteiger partial charge in [0.15, 0.2) is 0 Å². The van der Waals surface area contributed by atoms with Crippen molar-refractivity contribution in [3.63, 3.8) is 0 Å². The third kappa shape index (κ3) is 3.29. The number of amides is 1. The molecule has 3 heteroatoms. The molecule has 0 aromatic heterocycles. The molecule has 1 fully saturated rings. The third-order valence-corrected chi connectivity index (χ3v) is 3.23. The molecule has 0 aromatic rings. The van der Waals surface area contributed by atoms with Gasteiger partial charge in [-0.25, -0.2) is 0 Å². The summed E-state index contributed by atoms with van der Waals surface area (Å²) in [7, 11) is 2.18. The van der Waals surface area contributed by atoms with Gasteiger partial charge in [0.25, 0.3) is 0 Å². The summed E-state index contributed by atoms with van der Waals surface area (Å²) in [5, 5.41) is 0. The summed E-state index contributed by atoms with van der Waals surface area (Å²) < 4.78 is 0. The van der Waals surface area contributed by atoms with Crippen molar-refractivity contribution in [3.8, 4) is 0 Å². The lowest BCUT2D eigenvalue weighted by molar-refractivity contribution is -0.119. The SMILES string of the molecule is CC(C)N(C)CC1CCN(C=O)CC1. The van der Waals surface area contributed by atoms with Crippen LogP contribution in [0.4, 0.5) is 0 Å². The Morgan fingerprint density at radius 2 is 2.00 bits per heavy atom. The van der Waals surface area contributed by atoms with Crippen molar-refractivity contribution in [3.05, 3.63) is 0 Å². The van der Waals surface area contributed by atoms with Crippen LogP contribution in [0.2, 0.25) is 0 Å². The van der Waals surface area contributed by atoms with E-state index in [1.165, 1.54) is 6.54 Å². The molecule has 1 aliphatic heterocycles. The van der Waals surface area contributed by atoms with Crippen LogP contribution in [0, 0.1) is 5.92 Å². The lowest BCUT2D eigenvalue weighted by Crippen LogP contribution is -2.38. The molecule has 1 saturated heterocycles. The van der Waals surface area contributed by atoms with Crippen molar-refractivity contribution < 1.29 is 4.79 Å². The quantitative estimate of drug-likeness (QED) is 0.634. The number of hydrogen-bond donors (Lipinski definition) is 0. The lowest BCUT2D eigenvalue weighted by atomic mass is 9.96. The van der Waals surface area contributed by atoms with Crippen LogP contribution in [0.1, 0.15) is 26.7 Å². The van der Waals surface area contributed by atoms with Crippen LogP contribution in [-0.4, -0.2) is 48.9 Å². The van der Waals surface area contributed by atoms with E-state index in [-0.39, 0.29) is 0 Å². The highest BCUT2D eigenvalue weighted by Crippen LogP contribution is 2.17. The summed E-state index contributed by atoms with van der Waals surface area (Å²) in [5.74, 6) is 0.776. The average molecular weight is 198 g/mol. The maximum absolute atomic E-state index is 10.5. The van der Waals surface area contributed by atoms with Crippen molar-refractivity contribution in [2.24, 2.45) is 5.92 Å². The van der Waals surface area contributed by atoms with Crippen LogP contribution >= 0.6 is 0 Å². The average Bonchev–Trinajstić information content (AvgIpc) is 2.19. The molecule has 82 valence electrons. The number of hydrogen-bond acceptors (Lipinski definition) is 2. The number of carbonyl (C=O) groups is 1. The van der Waals surface area contributed by atoms with Crippen LogP contribution in [0.3, 0.4) is 0 Å². The highest BCUT2D eigenvalue weighted by atomic mass is 16.1. The molecule has 14 heavy (non-hydrogen) atoms. The van der Waals surface area contributed by atoms with E-state index >= 15 is 0 Å². The second kappa shape index (κ2) is 5.35. The first-order chi connectivity index (χ1) is 6.63. The summed E-state index contributed by atoms with van der Waals surface area (Å²) in [6, 6.07) is 0.624. The predicted molar refractivity (Wildman–Crippen MR) is 58.1 cm³/mol. The van der Waals surface area contributed by atoms with Gasteiger partial charge in [0.2, 0.25) is 6.41 Å². The molecule has 0 aromatic carbocycles. The minimum atomic E-state index is 0.624. The minimum absolute atomic E-state index is 0.624. The topological polar surface area (TPSA) is 23.6 Å². The summed E-state index contributed by atoms with van der Waals surface area (Å²) in [4.78, 5) is 14.8. The van der Waals surface area contributed by atoms with Crippen LogP contribution in [0.5, 0.6) is 0 Å². The molecule has 0 radical (unpaired) electrons. The van der Waals surface area contributed by atoms with Gasteiger partial charge in [-0.2, -0.15) is 0 Å². The summed E-state index contributed by atoms with van der Waals surface area (Å²) >= 11 is 0. The fourth-order valence-electron chi connectivity index (χ4n) is 1.86. The van der Waals surface area contributed by atoms with Crippen molar-refractivity contribution >= 4 is 6.41 Å². The van der Waals surface area contributed by atoms with Crippen molar-refractivity contribution in [1.29, 1.82) is 0 Å². The maximum Gasteiger partial charge on any atom is 0.209 e. The summed E-state index contributed by atoms with van der Waals surface area (Å²) in [5.41, 5.74) is 0. The first-order valence-electron chi connectivity index (χ1n) is 5.53. The fraction of sp³-hybridized carbons (Fsp3) is 0.909. The number of carbonyl (C=O) groups excluding carboxylic acids is 1. The zero-order valence-corrected chi connectivity index (χ0v) is 9.57. The molecule has 1 rings (SSSR count). The van der Waals surface area contributed by atoms with Gasteiger partial charge in [0.05, 0.1) is 0 Å². The summed E-state index contributed by atoms with van der Waals surface area (Å²) in [6.45, 7) is 7.51. The smallest absolute Gasteiger partial charge is 0.209 e. The monoisotopic (exact) mass is 198 g/mol. The van der Waals surface area contributed by atoms with Gasteiger partial charge in [-0.05, 0) is 39.7 Å². The van der Waals surface area contributed by atoms with E-state index in [9.17, 15) is 4.79 Å². The van der Waals surface area contributed by atoms with E-state index in [1.54, 1.807) is 0 Å². The fourth-order valence-corrected chi connectivity index (χ4v) is 1.86. The molecule has 1 heterocycles. The van der Waals surface area contributed by atoms with Crippen LogP contribution in [0.25, 0.3) is 0 Å². The third-order valence-electron chi connectivity index (χ3n) is 3.23. The van der Waals surface area contributed by atoms with E-state index in [0.29, 0.717) is 6.04 Å². The Morgan fingerprint density at radius 3 is 2.43 bits per heavy atom. The highest BCUT2D eigenvalue weighted by Gasteiger charge is 2.19. The molecule has 0 unspecified atom stereocenters. The van der Waals surface area contributed by atoms with E-state index < -0.39 is 0 Å². The second-order valence-corrected chi connectivity index (χ2v) is 4.62. The van der Waals surface area contributed by atoms with Crippen molar-refractivity contribution in [2.75, 3.05) is 26.7 Å². The molecule has 0 aliphatic carbocycles. The van der Waals surface area contributed by atoms with E-state index in [1.807, 2.05) is 4.90 Å². The molecule has 0 bridgehead atoms. The first kappa shape index (κ1) is 11.5. The first-order valence-corrected chi connectivity index (χ1v) is 5.53. The number of rotatable bonds is 4. The maximum atomic E-state index is 10.5. The standard InChI is InChI=1S/C11H22N2O/c1-10(2)12(3)8-11-4-6-13(9-14)7-5-11/h9-11H,4-8H2,1-3H3. The van der Waals surface area contributed by atoms with Crippen molar-refractivity contribution in [2.45, 2.75) is 32.7 Å². The Balaban J connectivity index is 2.25. The van der Waals surface area contributed by atoms with Gasteiger partial charge in [0.1, 0.15) is 0 Å². The molecule has 1 aliphatic rings. The molecular weight excluding hydrogens is 176 g/mol. The largest absolute Gasteiger partial charge is 0.345 e. The van der Waals surface area contributed by atoms with Gasteiger partial charge in [-0.1, -0.05) is 0 Å². The minimum Gasteiger partial charge on any atom is -0.345 e. The highest BCUT2D eigenvalue weighted by molar-refractivity contribution is 5.47. The Labute approximate surface area is 87.1 Å². The zero-order chi connectivity index (χ0) is 10.6. The number of nitrogens with zero attached hydrogens (tertiary/aromatic N) is 2. The predicted octanol–water partition coefficient (Wildman–Crippen LogP) is 1.19. The van der Waals surface area contributed by atoms with Gasteiger partial charge >= 0.3 is 0 Å². The molecule has 0 atom stereocenters. The number of piperidine rings is 1. The number of likely N-dealkylation sites (tertiary alicyclic amines) is 1. The molecule has 1 amide bonds. The molecule has 0 saturated carbocycles. The Kier molecular flexibility index (Phi) is 4.39. The Morgan fingerprint density at radius 1 is 1.43 bits per heavy atom. The normalized spacial score (nSPS) is 19.4. The van der Waals surface area contributed by atoms with Crippen LogP contribution in [0.15, 0.2) is 0 Å². The van der Waals surface area contributed by atoms with Crippen LogP contribution < -0.4 is 0 Å². The second-order valence-electron chi connectivity index (χ2n) is 4.62. The van der Waals surface area contributed by atoms with Gasteiger partial charge in [-0.15, -0.1) is 0 Å². The molecule has 0 N–H and O–H groups in total. The zero-order valence-electron chi connectivity index (χ0n) is 9.57. The lowest BCUT2D eigenvalue weighted by Gasteiger charge is -2.33. The molecular formula is C11H22N2O. The van der Waals surface area contributed by atoms with Gasteiger partial charge in [0, 0.05) is 25.7 Å². The van der Waals surface area contributed by atoms with Gasteiger partial charge in [-0.3, -0.25) is 4.79 Å². The Hall–Kier alpha value is -0.570. The summed E-state index contributed by atoms with van der Waals surface area (Å²) in [6.07, 6.45) is 3.30. The molecule has 0 spiro atoms. The van der Waals surface area contributed by atoms with Crippen LogP contribution in [-0.2, 0) is 4.79 Å². The molecule has 3 nitrogen and oxygen atoms in total. The van der Waals surface area contributed by atoms with Crippen molar-refractivity contribution in [1.82, 2.24) is 9.80 Å². The van der Waals surface area contributed by atoms with E-state index in [2.05, 4.69) is 25.8 Å². The van der Waals surface area contributed by atoms with Gasteiger partial charge < -0.3 is 9.80 Å². The van der Waals surface area contributed by atoms with E-state index in [4.69, 9.17) is 0 Å². The van der Waals surface area contributed by atoms with E-state index in [0.717, 1.165) is 38.3 Å². The Bertz CT molecular complexity index is 174.